The van der Waals surface area contributed by atoms with E-state index in [-0.39, 0.29) is 0 Å². The highest BCUT2D eigenvalue weighted by Gasteiger charge is 2.50. The van der Waals surface area contributed by atoms with Gasteiger partial charge in [0.1, 0.15) is 0 Å². The van der Waals surface area contributed by atoms with Crippen LogP contribution >= 0.6 is 0 Å². The van der Waals surface area contributed by atoms with Crippen molar-refractivity contribution >= 4 is 0 Å². The van der Waals surface area contributed by atoms with Crippen molar-refractivity contribution in [3.05, 3.63) is 29.4 Å². The molecule has 1 aromatic heterocycles. The normalized spacial score (nSPS) is 27.2. The van der Waals surface area contributed by atoms with Crippen LogP contribution < -0.4 is 0 Å². The molecule has 3 atom stereocenters. The quantitative estimate of drug-likeness (QED) is 0.822. The number of hydrogen-bond acceptors (Lipinski definition) is 3. The zero-order chi connectivity index (χ0) is 15.9. The van der Waals surface area contributed by atoms with Crippen LogP contribution in [0.5, 0.6) is 0 Å². The van der Waals surface area contributed by atoms with Crippen molar-refractivity contribution < 1.29 is 9.84 Å². The van der Waals surface area contributed by atoms with Gasteiger partial charge in [0.25, 0.3) is 0 Å². The maximum atomic E-state index is 10.2. The van der Waals surface area contributed by atoms with E-state index < -0.39 is 6.10 Å². The van der Waals surface area contributed by atoms with Crippen LogP contribution in [0.1, 0.15) is 38.1 Å². The van der Waals surface area contributed by atoms with Crippen LogP contribution in [0.25, 0.3) is 0 Å². The summed E-state index contributed by atoms with van der Waals surface area (Å²) in [5.74, 6) is 1.54. The van der Waals surface area contributed by atoms with Crippen molar-refractivity contribution in [3.63, 3.8) is 0 Å². The van der Waals surface area contributed by atoms with E-state index in [1.807, 2.05) is 18.4 Å². The van der Waals surface area contributed by atoms with Gasteiger partial charge in [0.2, 0.25) is 0 Å². The highest BCUT2D eigenvalue weighted by atomic mass is 16.5. The molecule has 4 heteroatoms. The Hall–Kier alpha value is -1.13. The molecule has 0 saturated heterocycles. The fraction of sp³-hybridized carbons (Fsp3) is 0.722. The average molecular weight is 304 g/mol. The molecular formula is C18H28N2O2. The van der Waals surface area contributed by atoms with Crippen molar-refractivity contribution in [2.24, 2.45) is 17.3 Å². The van der Waals surface area contributed by atoms with Crippen LogP contribution in [0.3, 0.4) is 0 Å². The molecular weight excluding hydrogens is 276 g/mol. The average Bonchev–Trinajstić information content (AvgIpc) is 2.79. The molecule has 1 fully saturated rings. The molecule has 122 valence electrons. The minimum Gasteiger partial charge on any atom is -0.389 e. The summed E-state index contributed by atoms with van der Waals surface area (Å²) in [6.07, 6.45) is 6.17. The largest absolute Gasteiger partial charge is 0.389 e. The predicted molar refractivity (Wildman–Crippen MR) is 86.6 cm³/mol. The maximum Gasteiger partial charge on any atom is 0.0952 e. The van der Waals surface area contributed by atoms with Gasteiger partial charge >= 0.3 is 0 Å². The molecule has 0 radical (unpaired) electrons. The fourth-order valence-electron chi connectivity index (χ4n) is 3.96. The zero-order valence-electron chi connectivity index (χ0n) is 14.2. The molecule has 4 nitrogen and oxygen atoms in total. The Morgan fingerprint density at radius 1 is 1.45 bits per heavy atom. The summed E-state index contributed by atoms with van der Waals surface area (Å²) in [4.78, 5) is 4.26. The van der Waals surface area contributed by atoms with E-state index in [4.69, 9.17) is 4.74 Å². The van der Waals surface area contributed by atoms with Crippen LogP contribution in [0.15, 0.2) is 18.0 Å². The number of aryl methyl sites for hydroxylation is 1. The lowest BCUT2D eigenvalue weighted by Crippen LogP contribution is -2.48. The van der Waals surface area contributed by atoms with Gasteiger partial charge in [-0.2, -0.15) is 0 Å². The third-order valence-corrected chi connectivity index (χ3v) is 5.91. The minimum atomic E-state index is -0.487. The van der Waals surface area contributed by atoms with E-state index in [0.717, 1.165) is 17.3 Å². The van der Waals surface area contributed by atoms with Gasteiger partial charge in [-0.25, -0.2) is 4.98 Å². The van der Waals surface area contributed by atoms with Gasteiger partial charge in [-0.15, -0.1) is 0 Å². The number of aromatic nitrogens is 2. The SMILES string of the molecule is Cc1ncn(C[C@H](O)COCC2=CC[C@H]3C[C@H]2C3(C)C)c1C. The first-order valence-corrected chi connectivity index (χ1v) is 8.32. The van der Waals surface area contributed by atoms with E-state index in [1.54, 1.807) is 6.33 Å². The molecule has 0 aliphatic heterocycles. The summed E-state index contributed by atoms with van der Waals surface area (Å²) in [7, 11) is 0. The molecule has 0 amide bonds. The van der Waals surface area contributed by atoms with Gasteiger partial charge in [-0.1, -0.05) is 19.9 Å². The Kier molecular flexibility index (Phi) is 4.17. The van der Waals surface area contributed by atoms with Crippen molar-refractivity contribution in [2.45, 2.75) is 53.2 Å². The highest BCUT2D eigenvalue weighted by Crippen LogP contribution is 2.59. The number of aliphatic hydroxyl groups is 1. The molecule has 3 aliphatic carbocycles. The van der Waals surface area contributed by atoms with Gasteiger partial charge in [0.15, 0.2) is 0 Å². The Bertz CT molecular complexity index is 574. The second-order valence-corrected chi connectivity index (χ2v) is 7.56. The number of allylic oxidation sites excluding steroid dienone is 1. The molecule has 0 unspecified atom stereocenters. The molecule has 1 aromatic rings. The summed E-state index contributed by atoms with van der Waals surface area (Å²) in [5, 5.41) is 10.2. The van der Waals surface area contributed by atoms with Gasteiger partial charge < -0.3 is 14.4 Å². The van der Waals surface area contributed by atoms with E-state index in [9.17, 15) is 5.11 Å². The van der Waals surface area contributed by atoms with Gasteiger partial charge in [0, 0.05) is 5.69 Å². The van der Waals surface area contributed by atoms with Gasteiger partial charge in [-0.3, -0.25) is 0 Å². The number of aliphatic hydroxyl groups excluding tert-OH is 1. The third-order valence-electron chi connectivity index (χ3n) is 5.91. The summed E-state index contributed by atoms with van der Waals surface area (Å²) in [5.41, 5.74) is 4.00. The summed E-state index contributed by atoms with van der Waals surface area (Å²) >= 11 is 0. The first-order chi connectivity index (χ1) is 10.4. The van der Waals surface area contributed by atoms with E-state index >= 15 is 0 Å². The Labute approximate surface area is 133 Å². The summed E-state index contributed by atoms with van der Waals surface area (Å²) in [6, 6.07) is 0. The minimum absolute atomic E-state index is 0.380. The number of hydrogen-bond donors (Lipinski definition) is 1. The highest BCUT2D eigenvalue weighted by molar-refractivity contribution is 5.23. The Balaban J connectivity index is 1.45. The standard InChI is InChI=1S/C18H28N2O2/c1-12-13(2)20(11-19-12)8-16(21)10-22-9-14-5-6-15-7-17(14)18(15,3)4/h5,11,15-17,21H,6-10H2,1-4H3/t15-,16-,17+/m0/s1. The predicted octanol–water partition coefficient (Wildman–Crippen LogP) is 2.87. The lowest BCUT2D eigenvalue weighted by Gasteiger charge is -2.56. The molecule has 3 aliphatic rings. The Morgan fingerprint density at radius 3 is 2.82 bits per heavy atom. The number of ether oxygens (including phenoxy) is 1. The molecule has 2 bridgehead atoms. The van der Waals surface area contributed by atoms with Crippen molar-refractivity contribution in [1.82, 2.24) is 9.55 Å². The molecule has 0 aromatic carbocycles. The molecule has 22 heavy (non-hydrogen) atoms. The second kappa shape index (κ2) is 5.82. The topological polar surface area (TPSA) is 47.3 Å². The van der Waals surface area contributed by atoms with E-state index in [2.05, 4.69) is 24.9 Å². The van der Waals surface area contributed by atoms with E-state index in [1.165, 1.54) is 18.4 Å². The number of imidazole rings is 1. The molecule has 4 rings (SSSR count). The van der Waals surface area contributed by atoms with Crippen LogP contribution in [-0.4, -0.2) is 34.0 Å². The van der Waals surface area contributed by atoms with Crippen molar-refractivity contribution in [2.75, 3.05) is 13.2 Å². The summed E-state index contributed by atoms with van der Waals surface area (Å²) < 4.78 is 7.78. The van der Waals surface area contributed by atoms with Crippen LogP contribution in [0, 0.1) is 31.1 Å². The number of nitrogens with zero attached hydrogens (tertiary/aromatic N) is 2. The zero-order valence-corrected chi connectivity index (χ0v) is 14.2. The number of fused-ring (bicyclic) bond motifs is 1. The maximum absolute atomic E-state index is 10.2. The second-order valence-electron chi connectivity index (χ2n) is 7.56. The van der Waals surface area contributed by atoms with Crippen LogP contribution in [0.4, 0.5) is 0 Å². The van der Waals surface area contributed by atoms with Crippen molar-refractivity contribution in [3.8, 4) is 0 Å². The van der Waals surface area contributed by atoms with Crippen LogP contribution in [-0.2, 0) is 11.3 Å². The molecule has 1 N–H and O–H groups in total. The van der Waals surface area contributed by atoms with E-state index in [0.29, 0.717) is 31.1 Å². The lowest BCUT2D eigenvalue weighted by molar-refractivity contribution is -0.0247. The third kappa shape index (κ3) is 2.74. The smallest absolute Gasteiger partial charge is 0.0952 e. The number of rotatable bonds is 6. The first-order valence-electron chi connectivity index (χ1n) is 8.32. The summed E-state index contributed by atoms with van der Waals surface area (Å²) in [6.45, 7) is 10.3. The van der Waals surface area contributed by atoms with Crippen molar-refractivity contribution in [1.29, 1.82) is 0 Å². The van der Waals surface area contributed by atoms with Crippen LogP contribution in [0.2, 0.25) is 0 Å². The van der Waals surface area contributed by atoms with Gasteiger partial charge in [-0.05, 0) is 49.5 Å². The molecule has 0 spiro atoms. The molecule has 1 saturated carbocycles. The first kappa shape index (κ1) is 15.8. The Morgan fingerprint density at radius 2 is 2.23 bits per heavy atom. The fourth-order valence-corrected chi connectivity index (χ4v) is 3.96. The molecule has 1 heterocycles. The monoisotopic (exact) mass is 304 g/mol. The van der Waals surface area contributed by atoms with Gasteiger partial charge in [0.05, 0.1) is 37.9 Å². The lowest BCUT2D eigenvalue weighted by atomic mass is 9.49.